The van der Waals surface area contributed by atoms with Gasteiger partial charge in [-0.2, -0.15) is 0 Å². The zero-order chi connectivity index (χ0) is 42.8. The van der Waals surface area contributed by atoms with Crippen LogP contribution in [0.15, 0.2) is 126 Å². The first-order valence-electron chi connectivity index (χ1n) is 18.1. The van der Waals surface area contributed by atoms with E-state index in [2.05, 4.69) is 9.44 Å². The van der Waals surface area contributed by atoms with Crippen LogP contribution in [-0.4, -0.2) is 77.0 Å². The number of carbonyl (C=O) groups excluding carboxylic acids is 1. The highest BCUT2D eigenvalue weighted by Gasteiger charge is 2.15. The van der Waals surface area contributed by atoms with Crippen molar-refractivity contribution in [3.63, 3.8) is 0 Å². The first-order valence-corrected chi connectivity index (χ1v) is 21.2. The van der Waals surface area contributed by atoms with Gasteiger partial charge in [0.25, 0.3) is 10.0 Å². The maximum Gasteiger partial charge on any atom is 0.307 e. The van der Waals surface area contributed by atoms with Crippen LogP contribution in [0.1, 0.15) is 35.3 Å². The van der Waals surface area contributed by atoms with Crippen molar-refractivity contribution < 1.29 is 60.4 Å². The van der Waals surface area contributed by atoms with Gasteiger partial charge >= 0.3 is 11.9 Å². The average Bonchev–Trinajstić information content (AvgIpc) is 3.20. The molecule has 0 aliphatic rings. The van der Waals surface area contributed by atoms with Crippen molar-refractivity contribution in [2.24, 2.45) is 0 Å². The Bertz CT molecular complexity index is 2390. The molecule has 0 fully saturated rings. The number of anilines is 2. The number of rotatable bonds is 21. The maximum absolute atomic E-state index is 12.5. The summed E-state index contributed by atoms with van der Waals surface area (Å²) in [6, 6.07) is 32.5. The van der Waals surface area contributed by atoms with Crippen LogP contribution in [0.3, 0.4) is 0 Å². The summed E-state index contributed by atoms with van der Waals surface area (Å²) in [5.41, 5.74) is 2.45. The molecule has 0 saturated carbocycles. The predicted octanol–water partition coefficient (Wildman–Crippen LogP) is 6.31. The highest BCUT2D eigenvalue weighted by molar-refractivity contribution is 7.93. The molecular formula is C42H44N2O13S2. The molecule has 5 rings (SSSR count). The van der Waals surface area contributed by atoms with E-state index in [1.165, 1.54) is 31.2 Å². The van der Waals surface area contributed by atoms with Crippen LogP contribution >= 0.6 is 0 Å². The molecule has 0 aromatic heterocycles. The molecule has 4 N–H and O–H groups in total. The average molecular weight is 849 g/mol. The van der Waals surface area contributed by atoms with Gasteiger partial charge in [0.1, 0.15) is 49.4 Å². The fourth-order valence-corrected chi connectivity index (χ4v) is 6.80. The lowest BCUT2D eigenvalue weighted by molar-refractivity contribution is -0.137. The van der Waals surface area contributed by atoms with Crippen molar-refractivity contribution in [1.82, 2.24) is 0 Å². The van der Waals surface area contributed by atoms with Gasteiger partial charge in [0.2, 0.25) is 10.0 Å². The van der Waals surface area contributed by atoms with E-state index in [9.17, 15) is 31.2 Å². The Morgan fingerprint density at radius 2 is 0.949 bits per heavy atom. The summed E-state index contributed by atoms with van der Waals surface area (Å²) in [6.07, 6.45) is -0.235. The molecule has 0 unspecified atom stereocenters. The summed E-state index contributed by atoms with van der Waals surface area (Å²) in [6.45, 7) is 3.92. The second kappa shape index (κ2) is 21.8. The van der Waals surface area contributed by atoms with Crippen molar-refractivity contribution in [2.75, 3.05) is 41.6 Å². The van der Waals surface area contributed by atoms with Gasteiger partial charge in [-0.3, -0.25) is 23.8 Å². The molecule has 59 heavy (non-hydrogen) atoms. The van der Waals surface area contributed by atoms with Crippen LogP contribution in [0.5, 0.6) is 23.0 Å². The molecule has 0 radical (unpaired) electrons. The van der Waals surface area contributed by atoms with Crippen LogP contribution < -0.4 is 28.4 Å². The molecule has 0 saturated heterocycles. The normalized spacial score (nSPS) is 10.9. The first kappa shape index (κ1) is 45.1. The standard InChI is InChI=1S/C24H23NO7S.C18H21NO6S/c1-17(26)18-6-12-22(13-7-18)33(29,30)25-20-8-10-21(11-9-20)31-14-15-32-23-5-3-2-4-19(23)16-24(27)28;1-2-26(22,23)19-15-7-9-16(10-8-15)24-11-12-25-17-6-4-3-5-14(17)13-18(20)21/h2-13,25H,14-16H2,1H3,(H,27,28);3-10,19H,2,11-13H2,1H3,(H,20,21). The minimum Gasteiger partial charge on any atom is -0.490 e. The Morgan fingerprint density at radius 1 is 0.542 bits per heavy atom. The number of carboxylic acids is 2. The summed E-state index contributed by atoms with van der Waals surface area (Å²) < 4.78 is 75.3. The fraction of sp³-hybridized carbons (Fsp3) is 0.214. The second-order valence-corrected chi connectivity index (χ2v) is 16.2. The van der Waals surface area contributed by atoms with Crippen molar-refractivity contribution >= 4 is 49.1 Å². The Balaban J connectivity index is 0.000000268. The number of aliphatic carboxylic acids is 2. The van der Waals surface area contributed by atoms with Gasteiger partial charge in [0.15, 0.2) is 5.78 Å². The van der Waals surface area contributed by atoms with Crippen LogP contribution in [0.25, 0.3) is 0 Å². The monoisotopic (exact) mass is 848 g/mol. The molecule has 0 aliphatic carbocycles. The number of para-hydroxylation sites is 2. The molecule has 312 valence electrons. The summed E-state index contributed by atoms with van der Waals surface area (Å²) in [5.74, 6) is 0.108. The largest absolute Gasteiger partial charge is 0.490 e. The zero-order valence-corrected chi connectivity index (χ0v) is 33.8. The molecule has 5 aromatic carbocycles. The Hall–Kier alpha value is -6.59. The first-order chi connectivity index (χ1) is 28.1. The molecule has 0 aliphatic heterocycles. The van der Waals surface area contributed by atoms with Gasteiger partial charge in [-0.05, 0) is 86.6 Å². The van der Waals surface area contributed by atoms with Gasteiger partial charge < -0.3 is 29.2 Å². The third-order valence-electron chi connectivity index (χ3n) is 8.03. The molecule has 0 amide bonds. The molecule has 0 spiro atoms. The van der Waals surface area contributed by atoms with Crippen molar-refractivity contribution in [3.05, 3.63) is 138 Å². The van der Waals surface area contributed by atoms with E-state index < -0.39 is 32.0 Å². The van der Waals surface area contributed by atoms with E-state index in [-0.39, 0.29) is 55.7 Å². The number of nitrogens with one attached hydrogen (secondary N) is 2. The predicted molar refractivity (Wildman–Crippen MR) is 221 cm³/mol. The smallest absolute Gasteiger partial charge is 0.307 e. The van der Waals surface area contributed by atoms with E-state index in [0.29, 0.717) is 51.1 Å². The number of carbonyl (C=O) groups is 3. The molecule has 17 heteroatoms. The maximum atomic E-state index is 12.5. The third-order valence-corrected chi connectivity index (χ3v) is 10.7. The minimum atomic E-state index is -3.80. The van der Waals surface area contributed by atoms with Crippen LogP contribution in [0.2, 0.25) is 0 Å². The number of sulfonamides is 2. The van der Waals surface area contributed by atoms with E-state index in [1.807, 2.05) is 0 Å². The Kier molecular flexibility index (Phi) is 16.7. The number of ether oxygens (including phenoxy) is 4. The van der Waals surface area contributed by atoms with Gasteiger partial charge in [-0.15, -0.1) is 0 Å². The van der Waals surface area contributed by atoms with E-state index in [1.54, 1.807) is 104 Å². The van der Waals surface area contributed by atoms with Crippen molar-refractivity contribution in [2.45, 2.75) is 31.6 Å². The number of Topliss-reactive ketones (excluding diaryl/α,β-unsaturated/α-hetero) is 1. The Morgan fingerprint density at radius 3 is 1.36 bits per heavy atom. The van der Waals surface area contributed by atoms with Crippen LogP contribution in [0.4, 0.5) is 11.4 Å². The summed E-state index contributed by atoms with van der Waals surface area (Å²) in [5, 5.41) is 17.9. The highest BCUT2D eigenvalue weighted by atomic mass is 32.2. The minimum absolute atomic E-state index is 0.00590. The number of hydrogen-bond donors (Lipinski definition) is 4. The van der Waals surface area contributed by atoms with E-state index in [0.717, 1.165) is 0 Å². The summed E-state index contributed by atoms with van der Waals surface area (Å²) in [4.78, 5) is 33.2. The summed E-state index contributed by atoms with van der Waals surface area (Å²) in [7, 11) is -7.10. The van der Waals surface area contributed by atoms with E-state index >= 15 is 0 Å². The lowest BCUT2D eigenvalue weighted by Gasteiger charge is -2.12. The van der Waals surface area contributed by atoms with Gasteiger partial charge in [-0.25, -0.2) is 16.8 Å². The van der Waals surface area contributed by atoms with Gasteiger partial charge in [-0.1, -0.05) is 48.5 Å². The zero-order valence-electron chi connectivity index (χ0n) is 32.2. The molecule has 0 heterocycles. The lowest BCUT2D eigenvalue weighted by Crippen LogP contribution is -2.14. The van der Waals surface area contributed by atoms with E-state index in [4.69, 9.17) is 29.2 Å². The van der Waals surface area contributed by atoms with Crippen molar-refractivity contribution in [1.29, 1.82) is 0 Å². The quantitative estimate of drug-likeness (QED) is 0.0471. The number of benzene rings is 5. The topological polar surface area (TPSA) is 221 Å². The molecule has 0 atom stereocenters. The van der Waals surface area contributed by atoms with Crippen molar-refractivity contribution in [3.8, 4) is 23.0 Å². The number of carboxylic acid groups (broad SMARTS) is 2. The van der Waals surface area contributed by atoms with Crippen LogP contribution in [0, 0.1) is 0 Å². The number of ketones is 1. The molecule has 0 bridgehead atoms. The highest BCUT2D eigenvalue weighted by Crippen LogP contribution is 2.23. The van der Waals surface area contributed by atoms with Gasteiger partial charge in [0, 0.05) is 28.1 Å². The van der Waals surface area contributed by atoms with Gasteiger partial charge in [0.05, 0.1) is 23.5 Å². The van der Waals surface area contributed by atoms with Crippen LogP contribution in [-0.2, 0) is 42.5 Å². The molecule has 5 aromatic rings. The second-order valence-electron chi connectivity index (χ2n) is 12.5. The Labute approximate surface area is 342 Å². The molecule has 15 nitrogen and oxygen atoms in total. The molecular weight excluding hydrogens is 805 g/mol. The fourth-order valence-electron chi connectivity index (χ4n) is 5.10. The lowest BCUT2D eigenvalue weighted by atomic mass is 10.1. The third kappa shape index (κ3) is 15.4. The SMILES string of the molecule is CC(=O)c1ccc(S(=O)(=O)Nc2ccc(OCCOc3ccccc3CC(=O)O)cc2)cc1.CCS(=O)(=O)Nc1ccc(OCCOc2ccccc2CC(=O)O)cc1. The number of hydrogen-bond acceptors (Lipinski definition) is 11. The summed E-state index contributed by atoms with van der Waals surface area (Å²) >= 11 is 0.